The van der Waals surface area contributed by atoms with Crippen LogP contribution in [0, 0.1) is 18.1 Å². The predicted octanol–water partition coefficient (Wildman–Crippen LogP) is 16.8. The second-order valence-corrected chi connectivity index (χ2v) is 31.8. The van der Waals surface area contributed by atoms with E-state index >= 15 is 0 Å². The summed E-state index contributed by atoms with van der Waals surface area (Å²) in [5.74, 6) is 9.53. The quantitative estimate of drug-likeness (QED) is 0.0822. The molecular formula is C62H58GeIrN4S-2. The maximum Gasteiger partial charge on any atom is 0.0774 e. The maximum absolute atomic E-state index is 5.39. The van der Waals surface area contributed by atoms with E-state index in [9.17, 15) is 0 Å². The largest absolute Gasteiger partial charge is 0.333 e. The van der Waals surface area contributed by atoms with Gasteiger partial charge < -0.3 is 4.57 Å². The molecule has 0 fully saturated rings. The van der Waals surface area contributed by atoms with Crippen LogP contribution in [0.5, 0.6) is 0 Å². The van der Waals surface area contributed by atoms with Gasteiger partial charge in [0.2, 0.25) is 0 Å². The number of aromatic nitrogens is 4. The van der Waals surface area contributed by atoms with Crippen molar-refractivity contribution in [3.63, 3.8) is 0 Å². The zero-order chi connectivity index (χ0) is 47.3. The first-order chi connectivity index (χ1) is 32.8. The van der Waals surface area contributed by atoms with E-state index in [1.54, 1.807) is 4.40 Å². The van der Waals surface area contributed by atoms with E-state index in [1.807, 2.05) is 35.7 Å². The van der Waals surface area contributed by atoms with Gasteiger partial charge in [-0.15, -0.1) is 18.2 Å². The summed E-state index contributed by atoms with van der Waals surface area (Å²) in [7, 11) is 0. The fourth-order valence-corrected chi connectivity index (χ4v) is 14.3. The Kier molecular flexibility index (Phi) is 13.9. The Balaban J connectivity index is 0.000000238. The first-order valence-corrected chi connectivity index (χ1v) is 32.2. The van der Waals surface area contributed by atoms with Gasteiger partial charge in [0.05, 0.1) is 22.4 Å². The molecule has 7 aromatic carbocycles. The van der Waals surface area contributed by atoms with Crippen LogP contribution in [0.2, 0.25) is 17.3 Å². The van der Waals surface area contributed by atoms with Crippen molar-refractivity contribution in [3.05, 3.63) is 187 Å². The average Bonchev–Trinajstić information content (AvgIpc) is 3.91. The van der Waals surface area contributed by atoms with Crippen LogP contribution >= 0.6 is 11.3 Å². The molecule has 0 saturated carbocycles. The molecule has 7 heteroatoms. The van der Waals surface area contributed by atoms with Crippen molar-refractivity contribution in [1.82, 2.24) is 19.5 Å². The number of imidazole rings is 1. The summed E-state index contributed by atoms with van der Waals surface area (Å²) >= 11 is -0.0220. The first-order valence-electron chi connectivity index (χ1n) is 24.1. The Morgan fingerprint density at radius 3 is 2.00 bits per heavy atom. The normalized spacial score (nSPS) is 11.9. The van der Waals surface area contributed by atoms with Crippen LogP contribution in [-0.4, -0.2) is 32.8 Å². The molecular weight excluding hydrogens is 1100 g/mol. The molecule has 0 spiro atoms. The molecule has 0 bridgehead atoms. The molecule has 0 aliphatic carbocycles. The number of nitrogens with zero attached hydrogens (tertiary/aromatic N) is 4. The van der Waals surface area contributed by atoms with Crippen LogP contribution in [0.25, 0.3) is 92.3 Å². The molecule has 4 heterocycles. The Bertz CT molecular complexity index is 3590. The fraction of sp³-hybridized carbons (Fsp3) is 0.210. The Morgan fingerprint density at radius 1 is 0.609 bits per heavy atom. The van der Waals surface area contributed by atoms with Gasteiger partial charge in [0.25, 0.3) is 0 Å². The molecule has 0 aliphatic heterocycles. The number of hydrogen-bond donors (Lipinski definition) is 0. The van der Waals surface area contributed by atoms with E-state index < -0.39 is 13.3 Å². The molecule has 11 rings (SSSR count). The molecule has 0 N–H and O–H groups in total. The van der Waals surface area contributed by atoms with Crippen LogP contribution in [0.1, 0.15) is 70.1 Å². The van der Waals surface area contributed by atoms with Gasteiger partial charge in [-0.3, -0.25) is 9.97 Å². The predicted molar refractivity (Wildman–Crippen MR) is 295 cm³/mol. The zero-order valence-corrected chi connectivity index (χ0v) is 46.3. The van der Waals surface area contributed by atoms with E-state index in [-0.39, 0.29) is 20.1 Å². The minimum absolute atomic E-state index is 0. The molecule has 1 radical (unpaired) electrons. The van der Waals surface area contributed by atoms with Crippen LogP contribution in [0.4, 0.5) is 0 Å². The van der Waals surface area contributed by atoms with Gasteiger partial charge in [0.15, 0.2) is 0 Å². The van der Waals surface area contributed by atoms with Crippen LogP contribution < -0.4 is 4.40 Å². The monoisotopic (exact) mass is 1160 g/mol. The smallest absolute Gasteiger partial charge is 0.0774 e. The Labute approximate surface area is 427 Å². The average molecular weight is 1160 g/mol. The summed E-state index contributed by atoms with van der Waals surface area (Å²) in [6.07, 6.45) is 5.28. The van der Waals surface area contributed by atoms with E-state index in [1.165, 1.54) is 64.4 Å². The van der Waals surface area contributed by atoms with Crippen LogP contribution in [-0.2, 0) is 26.5 Å². The van der Waals surface area contributed by atoms with Gasteiger partial charge in [0, 0.05) is 47.5 Å². The topological polar surface area (TPSA) is 43.6 Å². The summed E-state index contributed by atoms with van der Waals surface area (Å²) in [5.41, 5.74) is 14.2. The summed E-state index contributed by atoms with van der Waals surface area (Å²) < 4.78 is 6.43. The molecule has 69 heavy (non-hydrogen) atoms. The van der Waals surface area contributed by atoms with Crippen LogP contribution in [0.15, 0.2) is 158 Å². The number of thiophene rings is 1. The molecule has 0 aliphatic rings. The summed E-state index contributed by atoms with van der Waals surface area (Å²) in [4.78, 5) is 14.9. The van der Waals surface area contributed by atoms with Crippen molar-refractivity contribution in [2.24, 2.45) is 5.92 Å². The third kappa shape index (κ3) is 9.49. The molecule has 11 aromatic rings. The molecule has 347 valence electrons. The Hall–Kier alpha value is -5.76. The zero-order valence-electron chi connectivity index (χ0n) is 41.0. The number of fused-ring (bicyclic) bond motifs is 7. The second kappa shape index (κ2) is 19.9. The third-order valence-electron chi connectivity index (χ3n) is 13.1. The fourth-order valence-electron chi connectivity index (χ4n) is 9.78. The summed E-state index contributed by atoms with van der Waals surface area (Å²) in [6, 6.07) is 58.8. The Morgan fingerprint density at radius 2 is 1.30 bits per heavy atom. The van der Waals surface area contributed by atoms with E-state index in [2.05, 4.69) is 209 Å². The number of hydrogen-bond acceptors (Lipinski definition) is 4. The number of rotatable bonds is 9. The summed E-state index contributed by atoms with van der Waals surface area (Å²) in [5, 5.41) is 6.05. The van der Waals surface area contributed by atoms with Crippen molar-refractivity contribution in [2.45, 2.75) is 77.1 Å². The maximum atomic E-state index is 5.39. The molecule has 4 nitrogen and oxygen atoms in total. The van der Waals surface area contributed by atoms with Crippen molar-refractivity contribution >= 4 is 81.9 Å². The second-order valence-electron chi connectivity index (χ2n) is 20.2. The molecule has 0 saturated heterocycles. The van der Waals surface area contributed by atoms with Gasteiger partial charge in [-0.05, 0) is 92.0 Å². The standard InChI is InChI=1S/C44H34N3S.C18H24GeN.Ir/c1-26(2)34-21-29(28-13-6-5-7-14-28)22-35(27(3)4)42(34)47-40-20-11-10-19-39(40)46-44(47)33-17-12-16-32-37-23-30-25-45-38-18-9-8-15-31(38)36(30)24-41(37)48-43(32)33;1-14(2)11-16-12-18(15-9-7-6-8-10-15)20-13-17(16)19(3,4)5;/h5-16,18-27H,1-4H3;6-9,12-14H,11H2,1-5H3;/q2*-1;. The first kappa shape index (κ1) is 48.3. The van der Waals surface area contributed by atoms with Crippen molar-refractivity contribution in [3.8, 4) is 39.5 Å². The van der Waals surface area contributed by atoms with Crippen molar-refractivity contribution in [2.75, 3.05) is 0 Å². The van der Waals surface area contributed by atoms with Crippen molar-refractivity contribution < 1.29 is 20.1 Å². The molecule has 0 unspecified atom stereocenters. The van der Waals surface area contributed by atoms with E-state index in [0.717, 1.165) is 51.0 Å². The van der Waals surface area contributed by atoms with Gasteiger partial charge >= 0.3 is 126 Å². The summed E-state index contributed by atoms with van der Waals surface area (Å²) in [6.45, 7) is 13.8. The third-order valence-corrected chi connectivity index (χ3v) is 18.6. The minimum Gasteiger partial charge on any atom is -0.333 e. The van der Waals surface area contributed by atoms with Gasteiger partial charge in [0.1, 0.15) is 0 Å². The molecule has 0 amide bonds. The van der Waals surface area contributed by atoms with Gasteiger partial charge in [-0.25, -0.2) is 0 Å². The van der Waals surface area contributed by atoms with Crippen LogP contribution in [0.3, 0.4) is 0 Å². The van der Waals surface area contributed by atoms with E-state index in [0.29, 0.717) is 17.8 Å². The number of benzene rings is 7. The van der Waals surface area contributed by atoms with Gasteiger partial charge in [-0.1, -0.05) is 99.3 Å². The van der Waals surface area contributed by atoms with Gasteiger partial charge in [-0.2, -0.15) is 11.3 Å². The molecule has 4 aromatic heterocycles. The number of para-hydroxylation sites is 3. The van der Waals surface area contributed by atoms with E-state index in [4.69, 9.17) is 15.0 Å². The number of pyridine rings is 2. The van der Waals surface area contributed by atoms with Crippen molar-refractivity contribution in [1.29, 1.82) is 0 Å². The minimum atomic E-state index is -1.86. The molecule has 0 atom stereocenters. The SMILES string of the molecule is CC(C)Cc1cc(-c2[c-]cccc2)nc[c]1[Ge]([CH3])([CH3])[CH3].CC(C)c1cc(-c2ccccc2)cc(C(C)C)c1-n1c(-c2[c-]ccc3c2sc2cc4c(cnc5ccccc54)cc23)nc2ccccc21.[Ir].